The number of hydrogen-bond acceptors (Lipinski definition) is 2. The van der Waals surface area contributed by atoms with Crippen LogP contribution in [0.3, 0.4) is 0 Å². The molecular weight excluding hydrogens is 940 g/mol. The fourth-order valence-electron chi connectivity index (χ4n) is 6.90. The third-order valence-electron chi connectivity index (χ3n) is 9.68. The predicted octanol–water partition coefficient (Wildman–Crippen LogP) is 9.06. The zero-order valence-electron chi connectivity index (χ0n) is 30.2. The first-order valence-electron chi connectivity index (χ1n) is 16.8. The number of nitrogens with zero attached hydrogens (tertiary/aromatic N) is 1. The minimum atomic E-state index is -7.22. The fraction of sp³-hybridized carbons (Fsp3) is 0.0256. The highest BCUT2D eigenvalue weighted by atomic mass is 32.1. The highest BCUT2D eigenvalue weighted by Crippen LogP contribution is 2.31. The van der Waals surface area contributed by atoms with E-state index < -0.39 is 150 Å². The number of hydrogen-bond donors (Lipinski definition) is 0. The summed E-state index contributed by atoms with van der Waals surface area (Å²) < 4.78 is 310. The van der Waals surface area contributed by atoms with Crippen LogP contribution in [0.25, 0.3) is 10.2 Å². The summed E-state index contributed by atoms with van der Waals surface area (Å²) in [7, 11) is 0. The average Bonchev–Trinajstić information content (AvgIpc) is 3.68. The van der Waals surface area contributed by atoms with E-state index in [4.69, 9.17) is 0 Å². The average molecular weight is 951 g/mol. The smallest absolute Gasteiger partial charge is 0.230 e. The Labute approximate surface area is 345 Å². The van der Waals surface area contributed by atoms with E-state index >= 15 is 35.1 Å². The largest absolute Gasteiger partial charge is 0.287 e. The predicted molar refractivity (Wildman–Crippen MR) is 182 cm³/mol. The number of Topliss-reactive ketones (excluding diaryl/α,β-unsaturated/α-hetero) is 1. The van der Waals surface area contributed by atoms with Gasteiger partial charge >= 0.3 is 0 Å². The van der Waals surface area contributed by atoms with E-state index in [2.05, 4.69) is 0 Å². The van der Waals surface area contributed by atoms with Gasteiger partial charge in [0.05, 0.1) is 5.56 Å². The first-order chi connectivity index (χ1) is 30.0. The Bertz CT molecular complexity index is 2700. The molecule has 0 saturated carbocycles. The summed E-state index contributed by atoms with van der Waals surface area (Å²) in [5, 5.41) is 0. The van der Waals surface area contributed by atoms with Crippen LogP contribution >= 0.6 is 11.3 Å². The molecular formula is C39H11BF21NOS. The molecule has 334 valence electrons. The molecule has 0 bridgehead atoms. The van der Waals surface area contributed by atoms with Crippen LogP contribution in [0.1, 0.15) is 10.4 Å². The van der Waals surface area contributed by atoms with Gasteiger partial charge in [-0.05, 0) is 18.2 Å². The van der Waals surface area contributed by atoms with E-state index in [0.717, 1.165) is 10.2 Å². The molecule has 0 amide bonds. The lowest BCUT2D eigenvalue weighted by Crippen LogP contribution is -2.81. The molecule has 1 aromatic heterocycles. The van der Waals surface area contributed by atoms with Crippen molar-refractivity contribution in [1.29, 1.82) is 0 Å². The molecule has 64 heavy (non-hydrogen) atoms. The number of halogens is 21. The summed E-state index contributed by atoms with van der Waals surface area (Å²) in [6, 6.07) is 13.9. The standard InChI is InChI=1S/C24BF20.C15H11FNOS/c26-5-1(6(27)14(35)21(42)13(5)34)25(2-7(28)15(36)22(43)16(37)8(2)29,3-9(30)17(38)23(44)18(39)10(3)31)4-11(32)19(40)24(45)20(41)12(4)33;16-12-6-2-1-5-11(12)14(18)9-17-10-19-15-8-4-3-7-13(15)17/h;1-8,10H,9H2/q-1;+1. The SMILES string of the molecule is Fc1c(F)c(F)c([B-](c2c(F)c(F)c(F)c(F)c2F)(c2c(F)c(F)c(F)c(F)c2F)c2c(F)c(F)c(F)c(F)c2F)c(F)c1F.O=C(C[n+]1csc2ccccc21)c1ccccc1F. The van der Waals surface area contributed by atoms with Gasteiger partial charge in [0, 0.05) is 6.07 Å². The van der Waals surface area contributed by atoms with Gasteiger partial charge in [-0.1, -0.05) is 35.6 Å². The van der Waals surface area contributed by atoms with E-state index in [1.807, 2.05) is 34.3 Å². The number of aromatic nitrogens is 1. The lowest BCUT2D eigenvalue weighted by molar-refractivity contribution is -0.652. The Morgan fingerprint density at radius 3 is 1.00 bits per heavy atom. The van der Waals surface area contributed by atoms with Crippen molar-refractivity contribution in [1.82, 2.24) is 0 Å². The van der Waals surface area contributed by atoms with E-state index in [1.54, 1.807) is 23.5 Å². The summed E-state index contributed by atoms with van der Waals surface area (Å²) in [5.74, 6) is -72.1. The molecule has 0 N–H and O–H groups in total. The van der Waals surface area contributed by atoms with Crippen molar-refractivity contribution < 1.29 is 102 Å². The molecule has 0 aliphatic carbocycles. The molecule has 0 unspecified atom stereocenters. The first-order valence-corrected chi connectivity index (χ1v) is 17.7. The lowest BCUT2D eigenvalue weighted by atomic mass is 9.12. The number of ketones is 1. The summed E-state index contributed by atoms with van der Waals surface area (Å²) >= 11 is 1.57. The maximum atomic E-state index is 15.4. The van der Waals surface area contributed by atoms with Gasteiger partial charge < -0.3 is 0 Å². The second-order valence-corrected chi connectivity index (χ2v) is 13.9. The number of fused-ring (bicyclic) bond motifs is 1. The van der Waals surface area contributed by atoms with Crippen LogP contribution in [0.5, 0.6) is 0 Å². The molecule has 6 aromatic carbocycles. The van der Waals surface area contributed by atoms with E-state index in [9.17, 15) is 61.9 Å². The second kappa shape index (κ2) is 17.2. The number of carbonyl (C=O) groups is 1. The number of carbonyl (C=O) groups excluding carboxylic acids is 1. The molecule has 7 rings (SSSR count). The molecule has 0 saturated heterocycles. The van der Waals surface area contributed by atoms with Crippen LogP contribution in [0.2, 0.25) is 0 Å². The highest BCUT2D eigenvalue weighted by molar-refractivity contribution is 7.20. The third-order valence-corrected chi connectivity index (χ3v) is 10.6. The van der Waals surface area contributed by atoms with Crippen LogP contribution in [0.15, 0.2) is 54.0 Å². The van der Waals surface area contributed by atoms with E-state index in [0.29, 0.717) is 0 Å². The molecule has 0 spiro atoms. The molecule has 25 heteroatoms. The minimum absolute atomic E-state index is 0.144. The van der Waals surface area contributed by atoms with Gasteiger partial charge in [0.2, 0.25) is 23.4 Å². The zero-order chi connectivity index (χ0) is 47.6. The van der Waals surface area contributed by atoms with Crippen molar-refractivity contribution >= 4 is 55.3 Å². The third kappa shape index (κ3) is 7.08. The second-order valence-electron chi connectivity index (χ2n) is 13.0. The van der Waals surface area contributed by atoms with Gasteiger partial charge in [-0.25, -0.2) is 92.2 Å². The van der Waals surface area contributed by atoms with E-state index in [1.165, 1.54) is 12.1 Å². The van der Waals surface area contributed by atoms with Crippen LogP contribution in [-0.2, 0) is 6.54 Å². The van der Waals surface area contributed by atoms with Gasteiger partial charge in [-0.2, -0.15) is 4.57 Å². The molecule has 1 heterocycles. The number of benzene rings is 6. The Morgan fingerprint density at radius 1 is 0.391 bits per heavy atom. The summed E-state index contributed by atoms with van der Waals surface area (Å²) in [6.07, 6.45) is -7.22. The van der Waals surface area contributed by atoms with Crippen molar-refractivity contribution in [3.05, 3.63) is 182 Å². The first kappa shape index (κ1) is 47.0. The molecule has 0 fully saturated rings. The quantitative estimate of drug-likeness (QED) is 0.0391. The lowest BCUT2D eigenvalue weighted by Gasteiger charge is -2.44. The normalized spacial score (nSPS) is 11.6. The Morgan fingerprint density at radius 2 is 0.672 bits per heavy atom. The highest BCUT2D eigenvalue weighted by Gasteiger charge is 2.52. The molecule has 0 atom stereocenters. The fourth-order valence-corrected chi connectivity index (χ4v) is 7.79. The molecule has 2 nitrogen and oxygen atoms in total. The Balaban J connectivity index is 0.000000295. The summed E-state index contributed by atoms with van der Waals surface area (Å²) in [6.45, 7) is 0.158. The zero-order valence-corrected chi connectivity index (χ0v) is 31.0. The molecule has 0 aliphatic heterocycles. The Kier molecular flexibility index (Phi) is 12.6. The Hall–Kier alpha value is -6.53. The van der Waals surface area contributed by atoms with Crippen molar-refractivity contribution in [3.8, 4) is 0 Å². The minimum Gasteiger partial charge on any atom is -0.287 e. The van der Waals surface area contributed by atoms with Gasteiger partial charge in [0.15, 0.2) is 69.8 Å². The van der Waals surface area contributed by atoms with Crippen molar-refractivity contribution in [2.45, 2.75) is 6.54 Å². The van der Waals surface area contributed by atoms with Gasteiger partial charge in [0.25, 0.3) is 0 Å². The van der Waals surface area contributed by atoms with Crippen molar-refractivity contribution in [2.75, 3.05) is 0 Å². The number of thiazole rings is 1. The van der Waals surface area contributed by atoms with E-state index in [-0.39, 0.29) is 17.9 Å². The molecule has 0 aliphatic rings. The molecule has 7 aromatic rings. The van der Waals surface area contributed by atoms with Gasteiger partial charge in [-0.15, -0.1) is 21.9 Å². The van der Waals surface area contributed by atoms with Crippen LogP contribution in [-0.4, -0.2) is 11.9 Å². The maximum absolute atomic E-state index is 15.4. The van der Waals surface area contributed by atoms with Crippen LogP contribution < -0.4 is 26.4 Å². The van der Waals surface area contributed by atoms with Crippen molar-refractivity contribution in [3.63, 3.8) is 0 Å². The van der Waals surface area contributed by atoms with Gasteiger partial charge in [-0.3, -0.25) is 4.79 Å². The van der Waals surface area contributed by atoms with Crippen LogP contribution in [0.4, 0.5) is 92.2 Å². The van der Waals surface area contributed by atoms with Gasteiger partial charge in [0.1, 0.15) is 63.2 Å². The number of rotatable bonds is 7. The monoisotopic (exact) mass is 951 g/mol. The summed E-state index contributed by atoms with van der Waals surface area (Å²) in [4.78, 5) is 12.1. The van der Waals surface area contributed by atoms with Crippen molar-refractivity contribution in [2.24, 2.45) is 0 Å². The molecule has 0 radical (unpaired) electrons. The number of para-hydroxylation sites is 1. The van der Waals surface area contributed by atoms with Crippen LogP contribution in [0, 0.1) is 122 Å². The maximum Gasteiger partial charge on any atom is 0.230 e. The summed E-state index contributed by atoms with van der Waals surface area (Å²) in [5.41, 5.74) is -11.3. The topological polar surface area (TPSA) is 20.9 Å².